The molecular formula is C23H25N5O. The zero-order chi connectivity index (χ0) is 20.2. The van der Waals surface area contributed by atoms with Crippen LogP contribution in [0.2, 0.25) is 0 Å². The lowest BCUT2D eigenvalue weighted by Gasteiger charge is -2.36. The number of aromatic nitrogens is 2. The number of aryl methyl sites for hydroxylation is 2. The molecule has 1 aliphatic rings. The van der Waals surface area contributed by atoms with Crippen molar-refractivity contribution in [1.82, 2.24) is 14.9 Å². The Labute approximate surface area is 171 Å². The molecule has 4 rings (SSSR count). The number of anilines is 3. The fourth-order valence-electron chi connectivity index (χ4n) is 3.51. The topological polar surface area (TPSA) is 61.4 Å². The smallest absolute Gasteiger partial charge is 0.257 e. The highest BCUT2D eigenvalue weighted by Crippen LogP contribution is 2.19. The van der Waals surface area contributed by atoms with Crippen molar-refractivity contribution in [2.24, 2.45) is 0 Å². The van der Waals surface area contributed by atoms with Crippen molar-refractivity contribution in [1.29, 1.82) is 0 Å². The molecule has 1 fully saturated rings. The molecule has 1 saturated heterocycles. The number of nitrogens with one attached hydrogen (secondary N) is 1. The third kappa shape index (κ3) is 4.37. The highest BCUT2D eigenvalue weighted by molar-refractivity contribution is 5.94. The first-order valence-electron chi connectivity index (χ1n) is 9.86. The number of hydrogen-bond acceptors (Lipinski definition) is 5. The molecule has 1 amide bonds. The first kappa shape index (κ1) is 18.9. The van der Waals surface area contributed by atoms with Gasteiger partial charge >= 0.3 is 0 Å². The van der Waals surface area contributed by atoms with Crippen LogP contribution in [0.4, 0.5) is 17.3 Å². The quantitative estimate of drug-likeness (QED) is 0.738. The van der Waals surface area contributed by atoms with E-state index in [-0.39, 0.29) is 5.91 Å². The van der Waals surface area contributed by atoms with Gasteiger partial charge in [0.2, 0.25) is 5.95 Å². The molecule has 0 unspecified atom stereocenters. The molecule has 3 aromatic rings. The summed E-state index contributed by atoms with van der Waals surface area (Å²) in [6.07, 6.45) is 3.20. The van der Waals surface area contributed by atoms with Crippen LogP contribution < -0.4 is 10.2 Å². The molecule has 0 spiro atoms. The van der Waals surface area contributed by atoms with Crippen LogP contribution in [0.15, 0.2) is 60.9 Å². The van der Waals surface area contributed by atoms with Gasteiger partial charge in [-0.05, 0) is 43.2 Å². The van der Waals surface area contributed by atoms with E-state index in [0.29, 0.717) is 24.6 Å². The molecule has 1 aromatic heterocycles. The van der Waals surface area contributed by atoms with E-state index in [0.717, 1.165) is 24.3 Å². The van der Waals surface area contributed by atoms with E-state index >= 15 is 0 Å². The van der Waals surface area contributed by atoms with Gasteiger partial charge in [0.05, 0.1) is 5.56 Å². The number of rotatable bonds is 4. The van der Waals surface area contributed by atoms with Crippen LogP contribution in [0.1, 0.15) is 21.5 Å². The van der Waals surface area contributed by atoms with Crippen molar-refractivity contribution in [2.75, 3.05) is 36.4 Å². The Kier molecular flexibility index (Phi) is 5.42. The Hall–Kier alpha value is -3.41. The number of benzene rings is 2. The van der Waals surface area contributed by atoms with Crippen molar-refractivity contribution in [3.8, 4) is 0 Å². The predicted octanol–water partition coefficient (Wildman–Crippen LogP) is 3.80. The normalized spacial score (nSPS) is 14.0. The summed E-state index contributed by atoms with van der Waals surface area (Å²) in [5, 5.41) is 3.19. The maximum atomic E-state index is 12.8. The lowest BCUT2D eigenvalue weighted by molar-refractivity contribution is 0.0746. The van der Waals surface area contributed by atoms with Gasteiger partial charge in [-0.25, -0.2) is 9.97 Å². The third-order valence-electron chi connectivity index (χ3n) is 5.22. The molecule has 0 aliphatic carbocycles. The van der Waals surface area contributed by atoms with E-state index in [2.05, 4.69) is 51.4 Å². The maximum Gasteiger partial charge on any atom is 0.257 e. The highest BCUT2D eigenvalue weighted by atomic mass is 16.2. The number of hydrogen-bond donors (Lipinski definition) is 1. The minimum Gasteiger partial charge on any atom is -0.368 e. The van der Waals surface area contributed by atoms with E-state index in [9.17, 15) is 4.79 Å². The summed E-state index contributed by atoms with van der Waals surface area (Å²) in [5.74, 6) is 0.469. The molecule has 1 aliphatic heterocycles. The zero-order valence-corrected chi connectivity index (χ0v) is 16.8. The zero-order valence-electron chi connectivity index (χ0n) is 16.8. The third-order valence-corrected chi connectivity index (χ3v) is 5.22. The van der Waals surface area contributed by atoms with Crippen molar-refractivity contribution >= 4 is 23.2 Å². The maximum absolute atomic E-state index is 12.8. The van der Waals surface area contributed by atoms with Gasteiger partial charge in [-0.3, -0.25) is 4.79 Å². The summed E-state index contributed by atoms with van der Waals surface area (Å²) < 4.78 is 0. The second-order valence-electron chi connectivity index (χ2n) is 7.35. The average Bonchev–Trinajstić information content (AvgIpc) is 2.75. The van der Waals surface area contributed by atoms with Crippen LogP contribution in [0.25, 0.3) is 0 Å². The Morgan fingerprint density at radius 1 is 0.931 bits per heavy atom. The van der Waals surface area contributed by atoms with Crippen LogP contribution in [0.5, 0.6) is 0 Å². The molecule has 0 bridgehead atoms. The van der Waals surface area contributed by atoms with Gasteiger partial charge in [-0.1, -0.05) is 30.3 Å². The molecule has 0 radical (unpaired) electrons. The van der Waals surface area contributed by atoms with Crippen LogP contribution in [0.3, 0.4) is 0 Å². The van der Waals surface area contributed by atoms with Crippen molar-refractivity contribution in [3.05, 3.63) is 77.6 Å². The molecule has 1 N–H and O–H groups in total. The van der Waals surface area contributed by atoms with Crippen molar-refractivity contribution in [3.63, 3.8) is 0 Å². The number of carbonyl (C=O) groups excluding carboxylic acids is 1. The molecular weight excluding hydrogens is 362 g/mol. The Morgan fingerprint density at radius 2 is 1.66 bits per heavy atom. The largest absolute Gasteiger partial charge is 0.368 e. The lowest BCUT2D eigenvalue weighted by atomic mass is 10.2. The van der Waals surface area contributed by atoms with E-state index in [1.54, 1.807) is 12.4 Å². The van der Waals surface area contributed by atoms with Gasteiger partial charge in [-0.15, -0.1) is 0 Å². The molecule has 29 heavy (non-hydrogen) atoms. The minimum absolute atomic E-state index is 0.0173. The molecule has 2 heterocycles. The van der Waals surface area contributed by atoms with E-state index < -0.39 is 0 Å². The van der Waals surface area contributed by atoms with E-state index in [1.165, 1.54) is 11.3 Å². The van der Waals surface area contributed by atoms with Gasteiger partial charge in [-0.2, -0.15) is 0 Å². The van der Waals surface area contributed by atoms with Crippen molar-refractivity contribution < 1.29 is 4.79 Å². The van der Waals surface area contributed by atoms with Gasteiger partial charge in [0.25, 0.3) is 5.91 Å². The standard InChI is InChI=1S/C23H25N5O/c1-17-6-5-8-20(14-17)27-10-12-28(13-11-27)22(29)19-15-24-23(25-16-19)26-21-9-4-3-7-18(21)2/h3-9,14-16H,10-13H2,1-2H3,(H,24,25,26). The summed E-state index contributed by atoms with van der Waals surface area (Å²) in [5.41, 5.74) is 5.05. The summed E-state index contributed by atoms with van der Waals surface area (Å²) in [7, 11) is 0. The van der Waals surface area contributed by atoms with Crippen LogP contribution >= 0.6 is 0 Å². The summed E-state index contributed by atoms with van der Waals surface area (Å²) in [6, 6.07) is 16.4. The van der Waals surface area contributed by atoms with Gasteiger partial charge in [0.1, 0.15) is 0 Å². The number of carbonyl (C=O) groups is 1. The molecule has 148 valence electrons. The van der Waals surface area contributed by atoms with Gasteiger partial charge in [0, 0.05) is 49.9 Å². The second-order valence-corrected chi connectivity index (χ2v) is 7.35. The first-order chi connectivity index (χ1) is 14.1. The van der Waals surface area contributed by atoms with E-state index in [4.69, 9.17) is 0 Å². The Bertz CT molecular complexity index is 994. The molecule has 6 heteroatoms. The SMILES string of the molecule is Cc1cccc(N2CCN(C(=O)c3cnc(Nc4ccccc4C)nc3)CC2)c1. The van der Waals surface area contributed by atoms with Gasteiger partial charge < -0.3 is 15.1 Å². The Morgan fingerprint density at radius 3 is 2.34 bits per heavy atom. The van der Waals surface area contributed by atoms with Gasteiger partial charge in [0.15, 0.2) is 0 Å². The Balaban J connectivity index is 1.37. The first-order valence-corrected chi connectivity index (χ1v) is 9.86. The molecule has 6 nitrogen and oxygen atoms in total. The minimum atomic E-state index is -0.0173. The number of para-hydroxylation sites is 1. The summed E-state index contributed by atoms with van der Waals surface area (Å²) >= 11 is 0. The predicted molar refractivity (Wildman–Crippen MR) is 116 cm³/mol. The average molecular weight is 387 g/mol. The van der Waals surface area contributed by atoms with E-state index in [1.807, 2.05) is 36.1 Å². The van der Waals surface area contributed by atoms with Crippen LogP contribution in [0, 0.1) is 13.8 Å². The van der Waals surface area contributed by atoms with Crippen LogP contribution in [-0.2, 0) is 0 Å². The molecule has 2 aromatic carbocycles. The fourth-order valence-corrected chi connectivity index (χ4v) is 3.51. The van der Waals surface area contributed by atoms with Crippen molar-refractivity contribution in [2.45, 2.75) is 13.8 Å². The lowest BCUT2D eigenvalue weighted by Crippen LogP contribution is -2.48. The molecule has 0 saturated carbocycles. The monoisotopic (exact) mass is 387 g/mol. The number of amides is 1. The number of nitrogens with zero attached hydrogens (tertiary/aromatic N) is 4. The highest BCUT2D eigenvalue weighted by Gasteiger charge is 2.23. The molecule has 0 atom stereocenters. The number of piperazine rings is 1. The fraction of sp³-hybridized carbons (Fsp3) is 0.261. The van der Waals surface area contributed by atoms with Crippen LogP contribution in [-0.4, -0.2) is 47.0 Å². The summed E-state index contributed by atoms with van der Waals surface area (Å²) in [4.78, 5) is 25.7. The second kappa shape index (κ2) is 8.31. The summed E-state index contributed by atoms with van der Waals surface area (Å²) in [6.45, 7) is 7.15.